The number of hydrogen-bond donors (Lipinski definition) is 1. The molecule has 1 aromatic heterocycles. The van der Waals surface area contributed by atoms with Gasteiger partial charge in [0.15, 0.2) is 11.5 Å². The molecule has 1 aliphatic heterocycles. The first kappa shape index (κ1) is 10.6. The van der Waals surface area contributed by atoms with E-state index in [9.17, 15) is 0 Å². The zero-order valence-electron chi connectivity index (χ0n) is 10.5. The number of methoxy groups -OCH3 is 1. The fourth-order valence-electron chi connectivity index (χ4n) is 2.64. The highest BCUT2D eigenvalue weighted by Crippen LogP contribution is 2.41. The van der Waals surface area contributed by atoms with Crippen molar-refractivity contribution in [3.63, 3.8) is 0 Å². The molecule has 96 valence electrons. The van der Waals surface area contributed by atoms with Gasteiger partial charge >= 0.3 is 0 Å². The van der Waals surface area contributed by atoms with Gasteiger partial charge in [-0.15, -0.1) is 0 Å². The van der Waals surface area contributed by atoms with Gasteiger partial charge in [-0.3, -0.25) is 0 Å². The normalized spacial score (nSPS) is 13.9. The Kier molecular flexibility index (Phi) is 2.12. The van der Waals surface area contributed by atoms with E-state index in [2.05, 4.69) is 17.1 Å². The van der Waals surface area contributed by atoms with E-state index in [-0.39, 0.29) is 0 Å². The number of nitrogens with one attached hydrogen (secondary N) is 1. The van der Waals surface area contributed by atoms with Gasteiger partial charge in [-0.1, -0.05) is 12.1 Å². The van der Waals surface area contributed by atoms with Gasteiger partial charge in [0.1, 0.15) is 19.0 Å². The van der Waals surface area contributed by atoms with Crippen molar-refractivity contribution in [3.05, 3.63) is 30.3 Å². The van der Waals surface area contributed by atoms with Gasteiger partial charge < -0.3 is 19.2 Å². The molecule has 0 fully saturated rings. The molecule has 0 amide bonds. The van der Waals surface area contributed by atoms with E-state index in [1.165, 1.54) is 0 Å². The number of benzene rings is 2. The molecular weight excluding hydrogens is 242 g/mol. The number of H-pyrrole nitrogens is 1. The summed E-state index contributed by atoms with van der Waals surface area (Å²) in [6.45, 7) is 1.18. The van der Waals surface area contributed by atoms with E-state index in [1.54, 1.807) is 7.11 Å². The molecule has 1 N–H and O–H groups in total. The van der Waals surface area contributed by atoms with E-state index in [1.807, 2.05) is 18.2 Å². The Hall–Kier alpha value is -2.36. The van der Waals surface area contributed by atoms with Crippen LogP contribution >= 0.6 is 0 Å². The van der Waals surface area contributed by atoms with Crippen LogP contribution in [0.1, 0.15) is 0 Å². The topological polar surface area (TPSA) is 43.5 Å². The summed E-state index contributed by atoms with van der Waals surface area (Å²) < 4.78 is 16.7. The Morgan fingerprint density at radius 1 is 1.00 bits per heavy atom. The van der Waals surface area contributed by atoms with Crippen LogP contribution in [0.5, 0.6) is 17.2 Å². The lowest BCUT2D eigenvalue weighted by Crippen LogP contribution is -2.15. The number of hydrogen-bond acceptors (Lipinski definition) is 3. The Morgan fingerprint density at radius 2 is 1.84 bits per heavy atom. The summed E-state index contributed by atoms with van der Waals surface area (Å²) in [6, 6.07) is 10.0. The van der Waals surface area contributed by atoms with E-state index >= 15 is 0 Å². The van der Waals surface area contributed by atoms with Gasteiger partial charge in [-0.25, -0.2) is 0 Å². The Balaban J connectivity index is 2.13. The fraction of sp³-hybridized carbons (Fsp3) is 0.200. The summed E-state index contributed by atoms with van der Waals surface area (Å²) in [6.07, 6.45) is 0. The van der Waals surface area contributed by atoms with Gasteiger partial charge in [0, 0.05) is 10.8 Å². The summed E-state index contributed by atoms with van der Waals surface area (Å²) in [5.74, 6) is 2.42. The van der Waals surface area contributed by atoms with Gasteiger partial charge in [-0.2, -0.15) is 0 Å². The van der Waals surface area contributed by atoms with Gasteiger partial charge in [0.2, 0.25) is 0 Å². The van der Waals surface area contributed by atoms with Crippen molar-refractivity contribution in [2.75, 3.05) is 20.3 Å². The molecule has 0 spiro atoms. The van der Waals surface area contributed by atoms with Crippen molar-refractivity contribution in [3.8, 4) is 17.2 Å². The van der Waals surface area contributed by atoms with E-state index in [4.69, 9.17) is 14.2 Å². The molecule has 4 heteroatoms. The molecular formula is C15H13NO3. The first-order valence-corrected chi connectivity index (χ1v) is 6.25. The first-order valence-electron chi connectivity index (χ1n) is 6.25. The molecule has 0 saturated carbocycles. The Bertz CT molecular complexity index is 776. The van der Waals surface area contributed by atoms with Crippen LogP contribution in [0.15, 0.2) is 30.3 Å². The van der Waals surface area contributed by atoms with E-state index in [0.29, 0.717) is 13.2 Å². The predicted molar refractivity (Wildman–Crippen MR) is 73.3 cm³/mol. The summed E-state index contributed by atoms with van der Waals surface area (Å²) in [5.41, 5.74) is 1.96. The number of fused-ring (bicyclic) bond motifs is 5. The molecule has 0 unspecified atom stereocenters. The number of ether oxygens (including phenoxy) is 3. The third kappa shape index (κ3) is 1.40. The van der Waals surface area contributed by atoms with Crippen LogP contribution in [0.3, 0.4) is 0 Å². The molecule has 0 saturated heterocycles. The minimum Gasteiger partial charge on any atom is -0.495 e. The molecule has 4 rings (SSSR count). The average molecular weight is 255 g/mol. The standard InChI is InChI=1S/C15H13NO3/c1-17-11-4-2-3-9-10-5-6-12-15(19-8-7-18-12)14(10)16-13(9)11/h2-6,16H,7-8H2,1H3. The summed E-state index contributed by atoms with van der Waals surface area (Å²) in [5, 5.41) is 2.25. The molecule has 4 nitrogen and oxygen atoms in total. The molecule has 3 aromatic rings. The third-order valence-corrected chi connectivity index (χ3v) is 3.50. The predicted octanol–water partition coefficient (Wildman–Crippen LogP) is 3.10. The second-order valence-corrected chi connectivity index (χ2v) is 4.52. The average Bonchev–Trinajstić information content (AvgIpc) is 2.86. The first-order chi connectivity index (χ1) is 9.38. The minimum atomic E-state index is 0.582. The van der Waals surface area contributed by atoms with Gasteiger partial charge in [-0.05, 0) is 18.2 Å². The van der Waals surface area contributed by atoms with Crippen molar-refractivity contribution in [2.45, 2.75) is 0 Å². The second kappa shape index (κ2) is 3.82. The highest BCUT2D eigenvalue weighted by molar-refractivity contribution is 6.11. The van der Waals surface area contributed by atoms with Crippen LogP contribution in [0.4, 0.5) is 0 Å². The zero-order chi connectivity index (χ0) is 12.8. The molecule has 1 aliphatic rings. The SMILES string of the molecule is COc1cccc2c1[nH]c1c3c(ccc12)OCCO3. The van der Waals surface area contributed by atoms with E-state index in [0.717, 1.165) is 39.1 Å². The lowest BCUT2D eigenvalue weighted by molar-refractivity contribution is 0.173. The van der Waals surface area contributed by atoms with Gasteiger partial charge in [0.05, 0.1) is 18.1 Å². The molecule has 2 aromatic carbocycles. The fourth-order valence-corrected chi connectivity index (χ4v) is 2.64. The highest BCUT2D eigenvalue weighted by Gasteiger charge is 2.18. The van der Waals surface area contributed by atoms with Crippen molar-refractivity contribution < 1.29 is 14.2 Å². The summed E-state index contributed by atoms with van der Waals surface area (Å²) in [4.78, 5) is 3.40. The van der Waals surface area contributed by atoms with Crippen LogP contribution in [0.25, 0.3) is 21.8 Å². The minimum absolute atomic E-state index is 0.582. The van der Waals surface area contributed by atoms with Crippen molar-refractivity contribution in [1.29, 1.82) is 0 Å². The summed E-state index contributed by atoms with van der Waals surface area (Å²) in [7, 11) is 1.68. The van der Waals surface area contributed by atoms with Crippen molar-refractivity contribution >= 4 is 21.8 Å². The molecule has 0 radical (unpaired) electrons. The van der Waals surface area contributed by atoms with Crippen LogP contribution in [0.2, 0.25) is 0 Å². The van der Waals surface area contributed by atoms with Crippen LogP contribution in [0, 0.1) is 0 Å². The molecule has 0 bridgehead atoms. The van der Waals surface area contributed by atoms with Crippen LogP contribution in [-0.2, 0) is 0 Å². The monoisotopic (exact) mass is 255 g/mol. The number of aromatic nitrogens is 1. The highest BCUT2D eigenvalue weighted by atomic mass is 16.6. The van der Waals surface area contributed by atoms with Crippen LogP contribution in [-0.4, -0.2) is 25.3 Å². The maximum atomic E-state index is 5.74. The second-order valence-electron chi connectivity index (χ2n) is 4.52. The quantitative estimate of drug-likeness (QED) is 0.726. The molecule has 19 heavy (non-hydrogen) atoms. The number of para-hydroxylation sites is 1. The molecule has 0 atom stereocenters. The Morgan fingerprint density at radius 3 is 2.74 bits per heavy atom. The van der Waals surface area contributed by atoms with E-state index < -0.39 is 0 Å². The maximum absolute atomic E-state index is 5.74. The van der Waals surface area contributed by atoms with Crippen molar-refractivity contribution in [2.24, 2.45) is 0 Å². The lowest BCUT2D eigenvalue weighted by Gasteiger charge is -2.18. The van der Waals surface area contributed by atoms with Crippen molar-refractivity contribution in [1.82, 2.24) is 4.98 Å². The number of aromatic amines is 1. The Labute approximate surface area is 109 Å². The zero-order valence-corrected chi connectivity index (χ0v) is 10.5. The largest absolute Gasteiger partial charge is 0.495 e. The molecule has 2 heterocycles. The molecule has 0 aliphatic carbocycles. The maximum Gasteiger partial charge on any atom is 0.185 e. The smallest absolute Gasteiger partial charge is 0.185 e. The lowest BCUT2D eigenvalue weighted by atomic mass is 10.1. The van der Waals surface area contributed by atoms with Crippen LogP contribution < -0.4 is 14.2 Å². The van der Waals surface area contributed by atoms with Gasteiger partial charge in [0.25, 0.3) is 0 Å². The summed E-state index contributed by atoms with van der Waals surface area (Å²) >= 11 is 0. The number of rotatable bonds is 1. The third-order valence-electron chi connectivity index (χ3n) is 3.50.